The van der Waals surface area contributed by atoms with Gasteiger partial charge in [0, 0.05) is 46.9 Å². The number of hydrogen-bond acceptors (Lipinski definition) is 3. The van der Waals surface area contributed by atoms with Gasteiger partial charge in [0.25, 0.3) is 5.91 Å². The molecule has 0 radical (unpaired) electrons. The summed E-state index contributed by atoms with van der Waals surface area (Å²) < 4.78 is 5.53. The third kappa shape index (κ3) is 5.23. The Kier molecular flexibility index (Phi) is 6.61. The van der Waals surface area contributed by atoms with Gasteiger partial charge in [-0.2, -0.15) is 0 Å². The predicted octanol–water partition coefficient (Wildman–Crippen LogP) is 1.57. The van der Waals surface area contributed by atoms with E-state index >= 15 is 0 Å². The van der Waals surface area contributed by atoms with Crippen molar-refractivity contribution in [2.75, 3.05) is 41.3 Å². The third-order valence-electron chi connectivity index (χ3n) is 3.91. The highest BCUT2D eigenvalue weighted by Gasteiger charge is 2.16. The summed E-state index contributed by atoms with van der Waals surface area (Å²) in [5.41, 5.74) is 1.68. The highest BCUT2D eigenvalue weighted by molar-refractivity contribution is 5.94. The van der Waals surface area contributed by atoms with Gasteiger partial charge < -0.3 is 19.9 Å². The van der Waals surface area contributed by atoms with Crippen LogP contribution in [-0.2, 0) is 11.3 Å². The minimum Gasteiger partial charge on any atom is -0.376 e. The Bertz CT molecular complexity index is 568. The molecule has 1 aromatic carbocycles. The van der Waals surface area contributed by atoms with E-state index in [-0.39, 0.29) is 12.0 Å². The summed E-state index contributed by atoms with van der Waals surface area (Å²) >= 11 is 0. The number of carbonyl (C=O) groups is 1. The van der Waals surface area contributed by atoms with E-state index < -0.39 is 0 Å². The molecule has 1 N–H and O–H groups in total. The zero-order valence-corrected chi connectivity index (χ0v) is 15.1. The van der Waals surface area contributed by atoms with Gasteiger partial charge in [0.15, 0.2) is 5.96 Å². The first-order valence-corrected chi connectivity index (χ1v) is 8.35. The van der Waals surface area contributed by atoms with Gasteiger partial charge in [-0.1, -0.05) is 12.1 Å². The Labute approximate surface area is 144 Å². The van der Waals surface area contributed by atoms with Gasteiger partial charge >= 0.3 is 0 Å². The van der Waals surface area contributed by atoms with Crippen LogP contribution in [0, 0.1) is 0 Å². The molecule has 0 unspecified atom stereocenters. The highest BCUT2D eigenvalue weighted by atomic mass is 16.5. The fourth-order valence-electron chi connectivity index (χ4n) is 2.77. The Morgan fingerprint density at radius 3 is 2.67 bits per heavy atom. The Morgan fingerprint density at radius 1 is 1.29 bits per heavy atom. The molecule has 1 aromatic rings. The van der Waals surface area contributed by atoms with E-state index in [1.54, 1.807) is 0 Å². The molecule has 132 valence electrons. The number of ether oxygens (including phenoxy) is 1. The van der Waals surface area contributed by atoms with E-state index in [0.717, 1.165) is 31.0 Å². The molecule has 1 aliphatic rings. The van der Waals surface area contributed by atoms with Crippen molar-refractivity contribution in [1.82, 2.24) is 15.1 Å². The van der Waals surface area contributed by atoms with Gasteiger partial charge in [-0.25, -0.2) is 4.99 Å². The lowest BCUT2D eigenvalue weighted by Crippen LogP contribution is -2.35. The van der Waals surface area contributed by atoms with Crippen LogP contribution in [0.15, 0.2) is 29.3 Å². The number of rotatable bonds is 5. The first-order valence-electron chi connectivity index (χ1n) is 8.35. The minimum atomic E-state index is -0.0585. The largest absolute Gasteiger partial charge is 0.376 e. The summed E-state index contributed by atoms with van der Waals surface area (Å²) in [7, 11) is 7.86. The molecule has 24 heavy (non-hydrogen) atoms. The van der Waals surface area contributed by atoms with Gasteiger partial charge in [0.1, 0.15) is 0 Å². The molecular formula is C18H28N4O2. The lowest BCUT2D eigenvalue weighted by atomic mass is 10.1. The van der Waals surface area contributed by atoms with Crippen molar-refractivity contribution in [2.45, 2.75) is 25.5 Å². The van der Waals surface area contributed by atoms with Gasteiger partial charge in [0.05, 0.1) is 12.6 Å². The van der Waals surface area contributed by atoms with Crippen LogP contribution < -0.4 is 5.32 Å². The summed E-state index contributed by atoms with van der Waals surface area (Å²) in [4.78, 5) is 20.8. The Balaban J connectivity index is 1.97. The number of hydrogen-bond donors (Lipinski definition) is 1. The minimum absolute atomic E-state index is 0.0585. The third-order valence-corrected chi connectivity index (χ3v) is 3.91. The molecule has 6 heteroatoms. The zero-order chi connectivity index (χ0) is 17.5. The number of benzene rings is 1. The first-order chi connectivity index (χ1) is 11.5. The number of carbonyl (C=O) groups excluding carboxylic acids is 1. The monoisotopic (exact) mass is 332 g/mol. The quantitative estimate of drug-likeness (QED) is 0.657. The van der Waals surface area contributed by atoms with E-state index in [0.29, 0.717) is 18.7 Å². The van der Waals surface area contributed by atoms with Crippen LogP contribution in [0.4, 0.5) is 0 Å². The zero-order valence-electron chi connectivity index (χ0n) is 15.1. The summed E-state index contributed by atoms with van der Waals surface area (Å²) in [6.45, 7) is 1.92. The maximum Gasteiger partial charge on any atom is 0.251 e. The molecule has 6 nitrogen and oxygen atoms in total. The topological polar surface area (TPSA) is 57.2 Å². The summed E-state index contributed by atoms with van der Waals surface area (Å²) in [6.07, 6.45) is 2.26. The number of amides is 1. The normalized spacial score (nSPS) is 16.6. The van der Waals surface area contributed by atoms with Crippen LogP contribution in [-0.4, -0.2) is 69.1 Å². The number of aliphatic imine (C=N–C) groups is 1. The van der Waals surface area contributed by atoms with Crippen molar-refractivity contribution >= 4 is 11.9 Å². The molecule has 0 spiro atoms. The standard InChI is InChI=1S/C18H28N4O2/c1-21(2)18(22(3)4)20-12-14-7-5-8-15(11-14)17(23)19-13-16-9-6-10-24-16/h5,7-8,11,16H,6,9-10,12-13H2,1-4H3,(H,19,23)/t16-/m0/s1. The van der Waals surface area contributed by atoms with Crippen LogP contribution >= 0.6 is 0 Å². The molecule has 1 heterocycles. The van der Waals surface area contributed by atoms with Crippen molar-refractivity contribution in [3.8, 4) is 0 Å². The van der Waals surface area contributed by atoms with Crippen LogP contribution in [0.5, 0.6) is 0 Å². The molecular weight excluding hydrogens is 304 g/mol. The van der Waals surface area contributed by atoms with E-state index in [1.165, 1.54) is 0 Å². The second-order valence-corrected chi connectivity index (χ2v) is 6.45. The molecule has 1 amide bonds. The van der Waals surface area contributed by atoms with E-state index in [1.807, 2.05) is 62.3 Å². The average molecular weight is 332 g/mol. The summed E-state index contributed by atoms with van der Waals surface area (Å²) in [6, 6.07) is 7.62. The Hall–Kier alpha value is -2.08. The number of nitrogens with zero attached hydrogens (tertiary/aromatic N) is 3. The second kappa shape index (κ2) is 8.68. The lowest BCUT2D eigenvalue weighted by molar-refractivity contribution is 0.0857. The summed E-state index contributed by atoms with van der Waals surface area (Å²) in [5, 5.41) is 2.95. The fraction of sp³-hybridized carbons (Fsp3) is 0.556. The average Bonchev–Trinajstić information content (AvgIpc) is 3.06. The molecule has 0 bridgehead atoms. The van der Waals surface area contributed by atoms with Gasteiger partial charge in [-0.3, -0.25) is 4.79 Å². The van der Waals surface area contributed by atoms with E-state index in [2.05, 4.69) is 10.3 Å². The Morgan fingerprint density at radius 2 is 2.04 bits per heavy atom. The highest BCUT2D eigenvalue weighted by Crippen LogP contribution is 2.11. The summed E-state index contributed by atoms with van der Waals surface area (Å²) in [5.74, 6) is 0.833. The van der Waals surface area contributed by atoms with Crippen LogP contribution in [0.3, 0.4) is 0 Å². The van der Waals surface area contributed by atoms with Crippen LogP contribution in [0.25, 0.3) is 0 Å². The maximum atomic E-state index is 12.3. The molecule has 0 aliphatic carbocycles. The van der Waals surface area contributed by atoms with Crippen molar-refractivity contribution in [1.29, 1.82) is 0 Å². The molecule has 1 saturated heterocycles. The molecule has 2 rings (SSSR count). The second-order valence-electron chi connectivity index (χ2n) is 6.45. The maximum absolute atomic E-state index is 12.3. The molecule has 1 aliphatic heterocycles. The van der Waals surface area contributed by atoms with Crippen molar-refractivity contribution in [3.05, 3.63) is 35.4 Å². The van der Waals surface area contributed by atoms with Gasteiger partial charge in [-0.05, 0) is 30.5 Å². The van der Waals surface area contributed by atoms with Crippen molar-refractivity contribution in [2.24, 2.45) is 4.99 Å². The number of nitrogens with one attached hydrogen (secondary N) is 1. The van der Waals surface area contributed by atoms with Gasteiger partial charge in [0.2, 0.25) is 0 Å². The number of guanidine groups is 1. The van der Waals surface area contributed by atoms with E-state index in [4.69, 9.17) is 4.74 Å². The van der Waals surface area contributed by atoms with E-state index in [9.17, 15) is 4.79 Å². The van der Waals surface area contributed by atoms with Crippen LogP contribution in [0.2, 0.25) is 0 Å². The fourth-order valence-corrected chi connectivity index (χ4v) is 2.77. The predicted molar refractivity (Wildman–Crippen MR) is 96.3 cm³/mol. The smallest absolute Gasteiger partial charge is 0.251 e. The first kappa shape index (κ1) is 18.3. The van der Waals surface area contributed by atoms with Crippen LogP contribution in [0.1, 0.15) is 28.8 Å². The van der Waals surface area contributed by atoms with Crippen molar-refractivity contribution < 1.29 is 9.53 Å². The van der Waals surface area contributed by atoms with Crippen molar-refractivity contribution in [3.63, 3.8) is 0 Å². The molecule has 1 fully saturated rings. The van der Waals surface area contributed by atoms with Gasteiger partial charge in [-0.15, -0.1) is 0 Å². The SMILES string of the molecule is CN(C)C(=NCc1cccc(C(=O)NC[C@@H]2CCCO2)c1)N(C)C. The molecule has 1 atom stereocenters. The molecule has 0 aromatic heterocycles. The lowest BCUT2D eigenvalue weighted by Gasteiger charge is -2.22. The molecule has 0 saturated carbocycles.